The van der Waals surface area contributed by atoms with Crippen molar-refractivity contribution in [1.82, 2.24) is 0 Å². The van der Waals surface area contributed by atoms with Crippen LogP contribution >= 0.6 is 19.1 Å². The van der Waals surface area contributed by atoms with E-state index in [0.717, 1.165) is 5.66 Å². The highest BCUT2D eigenvalue weighted by atomic mass is 31.0. The van der Waals surface area contributed by atoms with E-state index in [1.807, 2.05) is 0 Å². The number of rotatable bonds is 0. The molecule has 0 aromatic rings. The molecule has 0 bridgehead atoms. The van der Waals surface area contributed by atoms with E-state index in [4.69, 9.17) is 0 Å². The van der Waals surface area contributed by atoms with Crippen molar-refractivity contribution < 1.29 is 0 Å². The van der Waals surface area contributed by atoms with Crippen LogP contribution in [-0.4, -0.2) is 5.66 Å². The molecular formula is C3H12P2. The number of hydrogen-bond donors (Lipinski definition) is 0. The average molecular weight is 110 g/mol. The molecule has 0 heterocycles. The predicted molar refractivity (Wildman–Crippen MR) is 36.0 cm³/mol. The van der Waals surface area contributed by atoms with Gasteiger partial charge in [-0.3, -0.25) is 0 Å². The Morgan fingerprint density at radius 2 is 1.40 bits per heavy atom. The monoisotopic (exact) mass is 110 g/mol. The van der Waals surface area contributed by atoms with Crippen LogP contribution in [0, 0.1) is 0 Å². The molecule has 2 heteroatoms. The molecule has 0 aliphatic rings. The van der Waals surface area contributed by atoms with Crippen LogP contribution < -0.4 is 0 Å². The SMILES string of the molecule is CC(C)P.P. The van der Waals surface area contributed by atoms with Crippen LogP contribution in [0.25, 0.3) is 0 Å². The van der Waals surface area contributed by atoms with Gasteiger partial charge in [0, 0.05) is 0 Å². The third kappa shape index (κ3) is 53.7. The van der Waals surface area contributed by atoms with Crippen LogP contribution in [0.1, 0.15) is 13.8 Å². The molecule has 0 nitrogen and oxygen atoms in total. The number of hydrogen-bond acceptors (Lipinski definition) is 0. The van der Waals surface area contributed by atoms with Crippen molar-refractivity contribution in [1.29, 1.82) is 0 Å². The standard InChI is InChI=1S/C3H9P.H3P/c1-3(2)4;/h3H,4H2,1-2H3;1H3. The zero-order valence-electron chi connectivity index (χ0n) is 3.86. The Morgan fingerprint density at radius 1 is 1.40 bits per heavy atom. The van der Waals surface area contributed by atoms with Crippen molar-refractivity contribution in [2.75, 3.05) is 0 Å². The molecule has 34 valence electrons. The molecule has 0 radical (unpaired) electrons. The Balaban J connectivity index is 0. The molecule has 2 unspecified atom stereocenters. The van der Waals surface area contributed by atoms with E-state index >= 15 is 0 Å². The van der Waals surface area contributed by atoms with Crippen LogP contribution in [0.5, 0.6) is 0 Å². The third-order valence-electron chi connectivity index (χ3n) is 0. The van der Waals surface area contributed by atoms with Crippen LogP contribution in [0.3, 0.4) is 0 Å². The summed E-state index contributed by atoms with van der Waals surface area (Å²) < 4.78 is 0. The summed E-state index contributed by atoms with van der Waals surface area (Å²) in [6, 6.07) is 0. The smallest absolute Gasteiger partial charge is 0.0321 e. The fraction of sp³-hybridized carbons (Fsp3) is 1.00. The van der Waals surface area contributed by atoms with E-state index in [1.165, 1.54) is 0 Å². The fourth-order valence-electron chi connectivity index (χ4n) is 0. The average Bonchev–Trinajstić information content (AvgIpc) is 0.811. The molecule has 0 N–H and O–H groups in total. The Hall–Kier alpha value is 0.860. The summed E-state index contributed by atoms with van der Waals surface area (Å²) in [6.45, 7) is 4.26. The van der Waals surface area contributed by atoms with Crippen molar-refractivity contribution in [2.24, 2.45) is 0 Å². The van der Waals surface area contributed by atoms with Gasteiger partial charge < -0.3 is 0 Å². The van der Waals surface area contributed by atoms with Gasteiger partial charge in [-0.25, -0.2) is 0 Å². The molecule has 0 aliphatic carbocycles. The van der Waals surface area contributed by atoms with Crippen LogP contribution in [0.4, 0.5) is 0 Å². The van der Waals surface area contributed by atoms with Crippen molar-refractivity contribution in [3.05, 3.63) is 0 Å². The summed E-state index contributed by atoms with van der Waals surface area (Å²) in [4.78, 5) is 0. The topological polar surface area (TPSA) is 0 Å². The van der Waals surface area contributed by atoms with E-state index in [0.29, 0.717) is 0 Å². The zero-order valence-corrected chi connectivity index (χ0v) is 6.43. The first-order valence-electron chi connectivity index (χ1n) is 1.49. The van der Waals surface area contributed by atoms with Gasteiger partial charge in [0.15, 0.2) is 0 Å². The molecule has 0 amide bonds. The van der Waals surface area contributed by atoms with Crippen LogP contribution in [-0.2, 0) is 0 Å². The van der Waals surface area contributed by atoms with Gasteiger partial charge >= 0.3 is 0 Å². The van der Waals surface area contributed by atoms with Crippen molar-refractivity contribution in [3.63, 3.8) is 0 Å². The summed E-state index contributed by atoms with van der Waals surface area (Å²) in [5.74, 6) is 0. The van der Waals surface area contributed by atoms with Gasteiger partial charge in [-0.1, -0.05) is 13.8 Å². The van der Waals surface area contributed by atoms with Crippen molar-refractivity contribution >= 4 is 19.1 Å². The normalized spacial score (nSPS) is 7.20. The summed E-state index contributed by atoms with van der Waals surface area (Å²) in [7, 11) is 2.66. The minimum Gasteiger partial charge on any atom is -0.153 e. The Morgan fingerprint density at radius 3 is 1.40 bits per heavy atom. The molecule has 2 atom stereocenters. The largest absolute Gasteiger partial charge is 0.153 e. The van der Waals surface area contributed by atoms with Crippen LogP contribution in [0.2, 0.25) is 0 Å². The molecule has 0 saturated heterocycles. The van der Waals surface area contributed by atoms with Gasteiger partial charge in [0.1, 0.15) is 0 Å². The summed E-state index contributed by atoms with van der Waals surface area (Å²) in [5.41, 5.74) is 0.750. The first-order chi connectivity index (χ1) is 1.73. The van der Waals surface area contributed by atoms with Crippen molar-refractivity contribution in [2.45, 2.75) is 19.5 Å². The quantitative estimate of drug-likeness (QED) is 0.412. The van der Waals surface area contributed by atoms with E-state index < -0.39 is 0 Å². The molecule has 0 saturated carbocycles. The van der Waals surface area contributed by atoms with E-state index in [-0.39, 0.29) is 9.90 Å². The summed E-state index contributed by atoms with van der Waals surface area (Å²) >= 11 is 0. The van der Waals surface area contributed by atoms with Crippen molar-refractivity contribution in [3.8, 4) is 0 Å². The van der Waals surface area contributed by atoms with Gasteiger partial charge in [-0.05, 0) is 5.66 Å². The molecular weight excluding hydrogens is 98.0 g/mol. The Kier molecular flexibility index (Phi) is 9.03. The molecule has 0 aliphatic heterocycles. The first kappa shape index (κ1) is 9.29. The molecule has 0 aromatic carbocycles. The van der Waals surface area contributed by atoms with E-state index in [2.05, 4.69) is 23.1 Å². The molecule has 0 aromatic heterocycles. The van der Waals surface area contributed by atoms with Gasteiger partial charge in [0.05, 0.1) is 0 Å². The van der Waals surface area contributed by atoms with Gasteiger partial charge in [0.25, 0.3) is 0 Å². The zero-order chi connectivity index (χ0) is 3.58. The molecule has 5 heavy (non-hydrogen) atoms. The maximum Gasteiger partial charge on any atom is -0.0321 e. The minimum absolute atomic E-state index is 0. The Bertz CT molecular complexity index is 9.61. The third-order valence-corrected chi connectivity index (χ3v) is 0. The highest BCUT2D eigenvalue weighted by molar-refractivity contribution is 7.17. The molecule has 0 spiro atoms. The fourth-order valence-corrected chi connectivity index (χ4v) is 0. The summed E-state index contributed by atoms with van der Waals surface area (Å²) in [5, 5.41) is 0. The minimum atomic E-state index is 0. The van der Waals surface area contributed by atoms with E-state index in [9.17, 15) is 0 Å². The lowest BCUT2D eigenvalue weighted by atomic mass is 10.6. The maximum absolute atomic E-state index is 2.66. The maximum atomic E-state index is 2.66. The van der Waals surface area contributed by atoms with Gasteiger partial charge in [-0.15, -0.1) is 9.24 Å². The van der Waals surface area contributed by atoms with Gasteiger partial charge in [0.2, 0.25) is 0 Å². The van der Waals surface area contributed by atoms with E-state index in [1.54, 1.807) is 0 Å². The molecule has 0 fully saturated rings. The second kappa shape index (κ2) is 4.86. The van der Waals surface area contributed by atoms with Gasteiger partial charge in [-0.2, -0.15) is 9.90 Å². The summed E-state index contributed by atoms with van der Waals surface area (Å²) in [6.07, 6.45) is 0. The second-order valence-electron chi connectivity index (χ2n) is 1.24. The first-order valence-corrected chi connectivity index (χ1v) is 2.15. The Labute approximate surface area is 39.5 Å². The highest BCUT2D eigenvalue weighted by Crippen LogP contribution is 1.90. The van der Waals surface area contributed by atoms with Crippen LogP contribution in [0.15, 0.2) is 0 Å². The molecule has 0 rings (SSSR count). The lowest BCUT2D eigenvalue weighted by molar-refractivity contribution is 1.12. The second-order valence-corrected chi connectivity index (χ2v) is 2.58. The predicted octanol–water partition coefficient (Wildman–Crippen LogP) is 1.33. The lowest BCUT2D eigenvalue weighted by Gasteiger charge is -1.79. The lowest BCUT2D eigenvalue weighted by Crippen LogP contribution is -1.69. The highest BCUT2D eigenvalue weighted by Gasteiger charge is 1.68.